The maximum atomic E-state index is 11.1. The average Bonchev–Trinajstić information content (AvgIpc) is 2.19. The summed E-state index contributed by atoms with van der Waals surface area (Å²) in [6.07, 6.45) is 1.30. The Morgan fingerprint density at radius 2 is 1.82 bits per heavy atom. The highest BCUT2D eigenvalue weighted by Crippen LogP contribution is 2.33. The van der Waals surface area contributed by atoms with Gasteiger partial charge in [0.1, 0.15) is 17.9 Å². The van der Waals surface area contributed by atoms with Gasteiger partial charge in [0.2, 0.25) is 0 Å². The predicted molar refractivity (Wildman–Crippen MR) is 38.0 cm³/mol. The zero-order valence-electron chi connectivity index (χ0n) is 6.42. The lowest BCUT2D eigenvalue weighted by Gasteiger charge is -2.15. The van der Waals surface area contributed by atoms with E-state index in [2.05, 4.69) is 0 Å². The molecule has 60 valence electrons. The molecule has 0 aliphatic heterocycles. The van der Waals surface area contributed by atoms with E-state index in [1.54, 1.807) is 6.92 Å². The molecule has 1 aliphatic rings. The van der Waals surface area contributed by atoms with E-state index in [1.807, 2.05) is 0 Å². The van der Waals surface area contributed by atoms with E-state index in [0.29, 0.717) is 19.1 Å². The molecule has 0 heterocycles. The standard InChI is InChI=1S/C8H10O3/c1-8(4-5-9)6(10)2-3-7(8)11/h5H,2-4H2,1H3. The van der Waals surface area contributed by atoms with Crippen molar-refractivity contribution in [2.75, 3.05) is 0 Å². The van der Waals surface area contributed by atoms with Gasteiger partial charge >= 0.3 is 0 Å². The molecule has 0 N–H and O–H groups in total. The van der Waals surface area contributed by atoms with E-state index in [-0.39, 0.29) is 18.0 Å². The highest BCUT2D eigenvalue weighted by Gasteiger charge is 2.44. The molecule has 0 bridgehead atoms. The number of hydrogen-bond donors (Lipinski definition) is 0. The second kappa shape index (κ2) is 2.57. The van der Waals surface area contributed by atoms with Crippen molar-refractivity contribution in [3.05, 3.63) is 0 Å². The summed E-state index contributed by atoms with van der Waals surface area (Å²) in [5, 5.41) is 0. The van der Waals surface area contributed by atoms with Crippen LogP contribution in [0.25, 0.3) is 0 Å². The van der Waals surface area contributed by atoms with Crippen molar-refractivity contribution in [3.63, 3.8) is 0 Å². The molecule has 0 aromatic heterocycles. The second-order valence-corrected chi connectivity index (χ2v) is 3.05. The average molecular weight is 154 g/mol. The van der Waals surface area contributed by atoms with Gasteiger partial charge in [-0.25, -0.2) is 0 Å². The fourth-order valence-electron chi connectivity index (χ4n) is 1.33. The van der Waals surface area contributed by atoms with Gasteiger partial charge in [-0.1, -0.05) is 0 Å². The van der Waals surface area contributed by atoms with E-state index in [0.717, 1.165) is 0 Å². The Morgan fingerprint density at radius 1 is 1.36 bits per heavy atom. The molecule has 1 aliphatic carbocycles. The SMILES string of the molecule is CC1(CC=O)C(=O)CCC1=O. The lowest BCUT2D eigenvalue weighted by molar-refractivity contribution is -0.136. The zero-order valence-corrected chi connectivity index (χ0v) is 6.42. The van der Waals surface area contributed by atoms with Crippen molar-refractivity contribution in [1.82, 2.24) is 0 Å². The van der Waals surface area contributed by atoms with E-state index in [9.17, 15) is 14.4 Å². The van der Waals surface area contributed by atoms with Crippen LogP contribution in [-0.2, 0) is 14.4 Å². The molecule has 1 fully saturated rings. The Bertz CT molecular complexity index is 201. The van der Waals surface area contributed by atoms with Gasteiger partial charge in [-0.15, -0.1) is 0 Å². The summed E-state index contributed by atoms with van der Waals surface area (Å²) < 4.78 is 0. The monoisotopic (exact) mass is 154 g/mol. The Labute approximate surface area is 64.8 Å². The van der Waals surface area contributed by atoms with Crippen LogP contribution in [-0.4, -0.2) is 17.9 Å². The first-order chi connectivity index (χ1) is 5.11. The van der Waals surface area contributed by atoms with Gasteiger partial charge in [0.05, 0.1) is 5.41 Å². The van der Waals surface area contributed by atoms with Crippen LogP contribution >= 0.6 is 0 Å². The normalized spacial score (nSPS) is 22.3. The third-order valence-electron chi connectivity index (χ3n) is 2.30. The van der Waals surface area contributed by atoms with Crippen LogP contribution in [0.4, 0.5) is 0 Å². The van der Waals surface area contributed by atoms with Crippen molar-refractivity contribution in [2.45, 2.75) is 26.2 Å². The van der Waals surface area contributed by atoms with Crippen molar-refractivity contribution in [2.24, 2.45) is 5.41 Å². The number of aldehydes is 1. The molecule has 0 aromatic rings. The topological polar surface area (TPSA) is 51.2 Å². The van der Waals surface area contributed by atoms with Crippen molar-refractivity contribution >= 4 is 17.9 Å². The second-order valence-electron chi connectivity index (χ2n) is 3.05. The third kappa shape index (κ3) is 1.11. The molecule has 0 unspecified atom stereocenters. The fourth-order valence-corrected chi connectivity index (χ4v) is 1.33. The molecule has 0 saturated heterocycles. The number of ketones is 2. The quantitative estimate of drug-likeness (QED) is 0.430. The molecule has 0 amide bonds. The van der Waals surface area contributed by atoms with E-state index < -0.39 is 5.41 Å². The van der Waals surface area contributed by atoms with Gasteiger partial charge < -0.3 is 4.79 Å². The first-order valence-corrected chi connectivity index (χ1v) is 3.61. The van der Waals surface area contributed by atoms with Gasteiger partial charge in [-0.2, -0.15) is 0 Å². The van der Waals surface area contributed by atoms with Gasteiger partial charge in [0, 0.05) is 19.3 Å². The summed E-state index contributed by atoms with van der Waals surface area (Å²) in [4.78, 5) is 32.4. The van der Waals surface area contributed by atoms with Crippen LogP contribution in [0.3, 0.4) is 0 Å². The van der Waals surface area contributed by atoms with E-state index >= 15 is 0 Å². The van der Waals surface area contributed by atoms with Gasteiger partial charge in [0.15, 0.2) is 0 Å². The Kier molecular flexibility index (Phi) is 1.89. The zero-order chi connectivity index (χ0) is 8.48. The largest absolute Gasteiger partial charge is 0.303 e. The maximum Gasteiger partial charge on any atom is 0.147 e. The van der Waals surface area contributed by atoms with Gasteiger partial charge in [-0.05, 0) is 6.92 Å². The van der Waals surface area contributed by atoms with Crippen LogP contribution < -0.4 is 0 Å². The predicted octanol–water partition coefficient (Wildman–Crippen LogP) is 0.514. The highest BCUT2D eigenvalue weighted by atomic mass is 16.2. The molecule has 11 heavy (non-hydrogen) atoms. The molecule has 0 aromatic carbocycles. The Hall–Kier alpha value is -0.990. The third-order valence-corrected chi connectivity index (χ3v) is 2.30. The van der Waals surface area contributed by atoms with Crippen molar-refractivity contribution in [3.8, 4) is 0 Å². The van der Waals surface area contributed by atoms with Crippen LogP contribution in [0, 0.1) is 5.41 Å². The number of rotatable bonds is 2. The molecule has 0 spiro atoms. The molecular weight excluding hydrogens is 144 g/mol. The van der Waals surface area contributed by atoms with Crippen LogP contribution in [0.2, 0.25) is 0 Å². The smallest absolute Gasteiger partial charge is 0.147 e. The van der Waals surface area contributed by atoms with Crippen LogP contribution in [0.1, 0.15) is 26.2 Å². The van der Waals surface area contributed by atoms with Crippen molar-refractivity contribution < 1.29 is 14.4 Å². The summed E-state index contributed by atoms with van der Waals surface area (Å²) >= 11 is 0. The first kappa shape index (κ1) is 8.11. The van der Waals surface area contributed by atoms with Gasteiger partial charge in [-0.3, -0.25) is 9.59 Å². The maximum absolute atomic E-state index is 11.1. The first-order valence-electron chi connectivity index (χ1n) is 3.61. The number of carbonyl (C=O) groups excluding carboxylic acids is 3. The minimum absolute atomic E-state index is 0.0463. The van der Waals surface area contributed by atoms with Crippen LogP contribution in [0.5, 0.6) is 0 Å². The highest BCUT2D eigenvalue weighted by molar-refractivity contribution is 6.13. The number of Topliss-reactive ketones (excluding diaryl/α,β-unsaturated/α-hetero) is 2. The summed E-state index contributed by atoms with van der Waals surface area (Å²) in [5.41, 5.74) is -0.984. The molecule has 0 radical (unpaired) electrons. The number of carbonyl (C=O) groups is 3. The van der Waals surface area contributed by atoms with E-state index in [4.69, 9.17) is 0 Å². The fraction of sp³-hybridized carbons (Fsp3) is 0.625. The molecule has 1 saturated carbocycles. The number of hydrogen-bond acceptors (Lipinski definition) is 3. The van der Waals surface area contributed by atoms with E-state index in [1.165, 1.54) is 0 Å². The molecule has 1 rings (SSSR count). The lowest BCUT2D eigenvalue weighted by atomic mass is 9.84. The molecule has 3 nitrogen and oxygen atoms in total. The summed E-state index contributed by atoms with van der Waals surface area (Å²) in [6, 6.07) is 0. The Balaban J connectivity index is 2.88. The minimum Gasteiger partial charge on any atom is -0.303 e. The Morgan fingerprint density at radius 3 is 2.18 bits per heavy atom. The van der Waals surface area contributed by atoms with Crippen LogP contribution in [0.15, 0.2) is 0 Å². The minimum atomic E-state index is -0.984. The summed E-state index contributed by atoms with van der Waals surface area (Å²) in [7, 11) is 0. The molecule has 3 heteroatoms. The molecular formula is C8H10O3. The lowest BCUT2D eigenvalue weighted by Crippen LogP contribution is -2.29. The summed E-state index contributed by atoms with van der Waals surface area (Å²) in [5.74, 6) is -0.177. The van der Waals surface area contributed by atoms with Gasteiger partial charge in [0.25, 0.3) is 0 Å². The molecule has 0 atom stereocenters. The van der Waals surface area contributed by atoms with Crippen molar-refractivity contribution in [1.29, 1.82) is 0 Å². The summed E-state index contributed by atoms with van der Waals surface area (Å²) in [6.45, 7) is 1.55.